The van der Waals surface area contributed by atoms with E-state index >= 15 is 0 Å². The van der Waals surface area contributed by atoms with Gasteiger partial charge in [-0.05, 0) is 32.4 Å². The molecule has 5 heteroatoms. The number of nitrogens with zero attached hydrogens (tertiary/aromatic N) is 2. The fraction of sp³-hybridized carbons (Fsp3) is 0.417. The minimum absolute atomic E-state index is 0.0205. The molecule has 0 saturated heterocycles. The third-order valence-corrected chi connectivity index (χ3v) is 2.46. The van der Waals surface area contributed by atoms with E-state index in [0.717, 1.165) is 16.8 Å². The fourth-order valence-electron chi connectivity index (χ4n) is 1.51. The first-order chi connectivity index (χ1) is 8.06. The van der Waals surface area contributed by atoms with Gasteiger partial charge in [0.25, 0.3) is 0 Å². The molecule has 0 fully saturated rings. The van der Waals surface area contributed by atoms with Crippen LogP contribution in [0.2, 0.25) is 0 Å². The van der Waals surface area contributed by atoms with Gasteiger partial charge in [-0.25, -0.2) is 0 Å². The van der Waals surface area contributed by atoms with Gasteiger partial charge in [-0.2, -0.15) is 0 Å². The van der Waals surface area contributed by atoms with Crippen LogP contribution in [0, 0.1) is 18.8 Å². The Morgan fingerprint density at radius 1 is 1.41 bits per heavy atom. The van der Waals surface area contributed by atoms with E-state index in [9.17, 15) is 9.70 Å². The number of hydrogen-bond acceptors (Lipinski definition) is 3. The molecule has 1 amide bonds. The van der Waals surface area contributed by atoms with E-state index in [4.69, 9.17) is 0 Å². The molecule has 1 aromatic rings. The van der Waals surface area contributed by atoms with Crippen molar-refractivity contribution in [2.75, 3.05) is 18.4 Å². The number of carbonyl (C=O) groups is 1. The highest BCUT2D eigenvalue weighted by molar-refractivity contribution is 5.92. The summed E-state index contributed by atoms with van der Waals surface area (Å²) in [5.74, 6) is -0.238. The quantitative estimate of drug-likeness (QED) is 0.629. The molecule has 0 unspecified atom stereocenters. The summed E-state index contributed by atoms with van der Waals surface area (Å²) < 4.78 is 0. The summed E-state index contributed by atoms with van der Waals surface area (Å²) in [6, 6.07) is 5.77. The van der Waals surface area contributed by atoms with Gasteiger partial charge in [0.05, 0.1) is 5.29 Å². The predicted octanol–water partition coefficient (Wildman–Crippen LogP) is 2.25. The van der Waals surface area contributed by atoms with Gasteiger partial charge in [0, 0.05) is 12.2 Å². The highest BCUT2D eigenvalue weighted by Crippen LogP contribution is 2.15. The van der Waals surface area contributed by atoms with Crippen molar-refractivity contribution in [3.05, 3.63) is 34.2 Å². The molecule has 0 radical (unpaired) electrons. The number of carbonyl (C=O) groups excluding carboxylic acids is 1. The molecule has 0 saturated carbocycles. The van der Waals surface area contributed by atoms with Crippen LogP contribution in [0.15, 0.2) is 23.5 Å². The van der Waals surface area contributed by atoms with Crippen LogP contribution in [0.4, 0.5) is 5.69 Å². The second kappa shape index (κ2) is 5.98. The first-order valence-corrected chi connectivity index (χ1v) is 5.52. The van der Waals surface area contributed by atoms with Crippen molar-refractivity contribution in [2.45, 2.75) is 20.8 Å². The van der Waals surface area contributed by atoms with Crippen molar-refractivity contribution in [3.8, 4) is 0 Å². The summed E-state index contributed by atoms with van der Waals surface area (Å²) >= 11 is 0. The van der Waals surface area contributed by atoms with Crippen molar-refractivity contribution < 1.29 is 4.79 Å². The third kappa shape index (κ3) is 3.86. The van der Waals surface area contributed by atoms with Crippen LogP contribution >= 0.6 is 0 Å². The number of anilines is 1. The molecule has 0 aliphatic rings. The van der Waals surface area contributed by atoms with Gasteiger partial charge in [-0.1, -0.05) is 17.7 Å². The van der Waals surface area contributed by atoms with E-state index in [1.807, 2.05) is 32.0 Å². The normalized spacial score (nSPS) is 9.82. The van der Waals surface area contributed by atoms with E-state index in [2.05, 4.69) is 10.6 Å². The molecule has 5 nitrogen and oxygen atoms in total. The SMILES string of the molecule is CCN(CC(=O)Nc1ccc(C)cc1C)N=O. The predicted molar refractivity (Wildman–Crippen MR) is 67.6 cm³/mol. The van der Waals surface area contributed by atoms with Gasteiger partial charge in [0.15, 0.2) is 0 Å². The van der Waals surface area contributed by atoms with E-state index < -0.39 is 0 Å². The lowest BCUT2D eigenvalue weighted by atomic mass is 10.1. The van der Waals surface area contributed by atoms with E-state index in [1.54, 1.807) is 6.92 Å². The highest BCUT2D eigenvalue weighted by Gasteiger charge is 2.09. The van der Waals surface area contributed by atoms with Gasteiger partial charge < -0.3 is 5.32 Å². The average molecular weight is 235 g/mol. The summed E-state index contributed by atoms with van der Waals surface area (Å²) in [5, 5.41) is 6.67. The molecule has 0 atom stereocenters. The first kappa shape index (κ1) is 13.2. The van der Waals surface area contributed by atoms with E-state index in [0.29, 0.717) is 6.54 Å². The van der Waals surface area contributed by atoms with Crippen molar-refractivity contribution in [1.29, 1.82) is 0 Å². The van der Waals surface area contributed by atoms with Crippen molar-refractivity contribution in [2.24, 2.45) is 5.29 Å². The Balaban J connectivity index is 2.65. The fourth-order valence-corrected chi connectivity index (χ4v) is 1.51. The zero-order valence-corrected chi connectivity index (χ0v) is 10.4. The molecule has 17 heavy (non-hydrogen) atoms. The number of aryl methyl sites for hydroxylation is 2. The lowest BCUT2D eigenvalue weighted by Crippen LogP contribution is -2.29. The lowest BCUT2D eigenvalue weighted by Gasteiger charge is -2.13. The van der Waals surface area contributed by atoms with Crippen molar-refractivity contribution >= 4 is 11.6 Å². The zero-order chi connectivity index (χ0) is 12.8. The molecule has 92 valence electrons. The molecule has 0 aromatic heterocycles. The maximum atomic E-state index is 11.6. The molecular weight excluding hydrogens is 218 g/mol. The Kier molecular flexibility index (Phi) is 4.63. The molecule has 0 aliphatic carbocycles. The Morgan fingerprint density at radius 3 is 2.65 bits per heavy atom. The second-order valence-electron chi connectivity index (χ2n) is 3.93. The Bertz CT molecular complexity index is 418. The number of amides is 1. The number of benzene rings is 1. The lowest BCUT2D eigenvalue weighted by molar-refractivity contribution is -0.117. The summed E-state index contributed by atoms with van der Waals surface area (Å²) in [5.41, 5.74) is 2.91. The van der Waals surface area contributed by atoms with Crippen LogP contribution in [0.1, 0.15) is 18.1 Å². The molecule has 1 rings (SSSR count). The van der Waals surface area contributed by atoms with Crippen LogP contribution in [-0.4, -0.2) is 24.0 Å². The van der Waals surface area contributed by atoms with Crippen LogP contribution in [0.25, 0.3) is 0 Å². The summed E-state index contributed by atoms with van der Waals surface area (Å²) in [6.07, 6.45) is 0. The molecule has 1 aromatic carbocycles. The van der Waals surface area contributed by atoms with Gasteiger partial charge >= 0.3 is 0 Å². The second-order valence-corrected chi connectivity index (χ2v) is 3.93. The number of hydrogen-bond donors (Lipinski definition) is 1. The summed E-state index contributed by atoms with van der Waals surface area (Å²) in [4.78, 5) is 22.0. The maximum Gasteiger partial charge on any atom is 0.245 e. The number of likely N-dealkylation sites (N-methyl/N-ethyl adjacent to an activating group) is 1. The average Bonchev–Trinajstić information content (AvgIpc) is 2.29. The van der Waals surface area contributed by atoms with Gasteiger partial charge in [-0.3, -0.25) is 9.80 Å². The van der Waals surface area contributed by atoms with Gasteiger partial charge in [0.1, 0.15) is 6.54 Å². The highest BCUT2D eigenvalue weighted by atomic mass is 16.3. The summed E-state index contributed by atoms with van der Waals surface area (Å²) in [7, 11) is 0. The van der Waals surface area contributed by atoms with Crippen molar-refractivity contribution in [3.63, 3.8) is 0 Å². The van der Waals surface area contributed by atoms with Crippen molar-refractivity contribution in [1.82, 2.24) is 5.01 Å². The van der Waals surface area contributed by atoms with E-state index in [-0.39, 0.29) is 12.5 Å². The smallest absolute Gasteiger partial charge is 0.245 e. The Morgan fingerprint density at radius 2 is 2.12 bits per heavy atom. The summed E-state index contributed by atoms with van der Waals surface area (Å²) in [6.45, 7) is 6.09. The Labute approximate surface area is 101 Å². The monoisotopic (exact) mass is 235 g/mol. The standard InChI is InChI=1S/C12H17N3O2/c1-4-15(14-17)8-12(16)13-11-6-5-9(2)7-10(11)3/h5-7H,4,8H2,1-3H3,(H,13,16). The Hall–Kier alpha value is -1.91. The largest absolute Gasteiger partial charge is 0.324 e. The van der Waals surface area contributed by atoms with Crippen LogP contribution in [0.3, 0.4) is 0 Å². The number of nitroso groups, excluding NO2 is 1. The molecule has 0 spiro atoms. The number of rotatable bonds is 5. The molecule has 0 aliphatic heterocycles. The third-order valence-electron chi connectivity index (χ3n) is 2.46. The first-order valence-electron chi connectivity index (χ1n) is 5.52. The molecule has 1 N–H and O–H groups in total. The van der Waals surface area contributed by atoms with Crippen LogP contribution < -0.4 is 5.32 Å². The molecule has 0 bridgehead atoms. The maximum absolute atomic E-state index is 11.6. The zero-order valence-electron chi connectivity index (χ0n) is 10.4. The van der Waals surface area contributed by atoms with Gasteiger partial charge in [0.2, 0.25) is 5.91 Å². The minimum atomic E-state index is -0.238. The minimum Gasteiger partial charge on any atom is -0.324 e. The van der Waals surface area contributed by atoms with Crippen LogP contribution in [-0.2, 0) is 4.79 Å². The van der Waals surface area contributed by atoms with Crippen LogP contribution in [0.5, 0.6) is 0 Å². The topological polar surface area (TPSA) is 61.8 Å². The molecule has 0 heterocycles. The van der Waals surface area contributed by atoms with E-state index in [1.165, 1.54) is 5.01 Å². The van der Waals surface area contributed by atoms with Gasteiger partial charge in [-0.15, -0.1) is 4.91 Å². The molecular formula is C12H17N3O2. The number of nitrogens with one attached hydrogen (secondary N) is 1.